The maximum Gasteiger partial charge on any atom is 0.184 e. The van der Waals surface area contributed by atoms with E-state index in [1.165, 1.54) is 0 Å². The van der Waals surface area contributed by atoms with Gasteiger partial charge in [0.25, 0.3) is 0 Å². The van der Waals surface area contributed by atoms with Gasteiger partial charge >= 0.3 is 0 Å². The highest BCUT2D eigenvalue weighted by atomic mass is 79.9. The van der Waals surface area contributed by atoms with Gasteiger partial charge in [0, 0.05) is 11.8 Å². The van der Waals surface area contributed by atoms with Gasteiger partial charge < -0.3 is 4.74 Å². The van der Waals surface area contributed by atoms with E-state index in [0.29, 0.717) is 5.56 Å². The van der Waals surface area contributed by atoms with Crippen LogP contribution >= 0.6 is 15.9 Å². The van der Waals surface area contributed by atoms with Crippen molar-refractivity contribution in [1.82, 2.24) is 9.78 Å². The molecule has 0 unspecified atom stereocenters. The van der Waals surface area contributed by atoms with Crippen molar-refractivity contribution in [3.05, 3.63) is 46.7 Å². The molecule has 5 heteroatoms. The third kappa shape index (κ3) is 2.94. The fraction of sp³-hybridized carbons (Fsp3) is 0.167. The maximum atomic E-state index is 11.9. The van der Waals surface area contributed by atoms with Gasteiger partial charge in [-0.25, -0.2) is 0 Å². The average molecular weight is 295 g/mol. The molecule has 0 atom stereocenters. The molecule has 2 rings (SSSR count). The lowest BCUT2D eigenvalue weighted by Crippen LogP contribution is -2.10. The van der Waals surface area contributed by atoms with E-state index in [0.717, 1.165) is 10.2 Å². The predicted octanol–water partition coefficient (Wildman–Crippen LogP) is 2.54. The topological polar surface area (TPSA) is 44.1 Å². The van der Waals surface area contributed by atoms with Crippen LogP contribution in [0, 0.1) is 0 Å². The summed E-state index contributed by atoms with van der Waals surface area (Å²) in [6.45, 7) is 0.234. The van der Waals surface area contributed by atoms with Crippen molar-refractivity contribution >= 4 is 21.7 Å². The van der Waals surface area contributed by atoms with Crippen molar-refractivity contribution in [2.75, 3.05) is 7.11 Å². The Morgan fingerprint density at radius 2 is 2.12 bits per heavy atom. The molecular formula is C12H11BrN2O2. The zero-order valence-electron chi connectivity index (χ0n) is 9.26. The van der Waals surface area contributed by atoms with Gasteiger partial charge in [0.1, 0.15) is 12.3 Å². The van der Waals surface area contributed by atoms with Crippen LogP contribution in [0.4, 0.5) is 0 Å². The predicted molar refractivity (Wildman–Crippen MR) is 67.3 cm³/mol. The summed E-state index contributed by atoms with van der Waals surface area (Å²) >= 11 is 3.29. The molecule has 4 nitrogen and oxygen atoms in total. The molecule has 0 N–H and O–H groups in total. The van der Waals surface area contributed by atoms with E-state index in [-0.39, 0.29) is 12.3 Å². The van der Waals surface area contributed by atoms with Crippen molar-refractivity contribution in [3.8, 4) is 5.75 Å². The Morgan fingerprint density at radius 1 is 1.41 bits per heavy atom. The first-order valence-corrected chi connectivity index (χ1v) is 5.83. The van der Waals surface area contributed by atoms with E-state index >= 15 is 0 Å². The summed E-state index contributed by atoms with van der Waals surface area (Å²) in [6.07, 6.45) is 3.42. The molecule has 2 aromatic rings. The summed E-state index contributed by atoms with van der Waals surface area (Å²) in [6, 6.07) is 7.04. The lowest BCUT2D eigenvalue weighted by molar-refractivity contribution is 0.0967. The molecule has 0 aliphatic rings. The average Bonchev–Trinajstić information content (AvgIpc) is 2.75. The number of ether oxygens (including phenoxy) is 1. The van der Waals surface area contributed by atoms with Crippen LogP contribution in [-0.4, -0.2) is 22.7 Å². The highest BCUT2D eigenvalue weighted by molar-refractivity contribution is 9.10. The fourth-order valence-corrected chi connectivity index (χ4v) is 1.77. The highest BCUT2D eigenvalue weighted by Gasteiger charge is 2.07. The summed E-state index contributed by atoms with van der Waals surface area (Å²) in [5.41, 5.74) is 0.650. The molecule has 17 heavy (non-hydrogen) atoms. The Bertz CT molecular complexity index is 520. The Balaban J connectivity index is 2.09. The third-order valence-corrected chi connectivity index (χ3v) is 2.73. The monoisotopic (exact) mass is 294 g/mol. The fourth-order valence-electron chi connectivity index (χ4n) is 1.44. The van der Waals surface area contributed by atoms with E-state index < -0.39 is 0 Å². The first-order chi connectivity index (χ1) is 8.19. The molecule has 0 aliphatic heterocycles. The molecule has 0 aliphatic carbocycles. The maximum absolute atomic E-state index is 11.9. The number of benzene rings is 1. The first-order valence-electron chi connectivity index (χ1n) is 5.04. The number of methoxy groups -OCH3 is 1. The van der Waals surface area contributed by atoms with Gasteiger partial charge in [0.2, 0.25) is 0 Å². The molecule has 1 aromatic carbocycles. The van der Waals surface area contributed by atoms with Crippen molar-refractivity contribution in [2.24, 2.45) is 0 Å². The number of hydrogen-bond acceptors (Lipinski definition) is 3. The third-order valence-electron chi connectivity index (χ3n) is 2.32. The second-order valence-electron chi connectivity index (χ2n) is 3.51. The van der Waals surface area contributed by atoms with E-state index in [9.17, 15) is 4.79 Å². The molecule has 0 saturated heterocycles. The van der Waals surface area contributed by atoms with Crippen LogP contribution in [0.1, 0.15) is 10.4 Å². The van der Waals surface area contributed by atoms with E-state index in [4.69, 9.17) is 4.74 Å². The standard InChI is InChI=1S/C12H11BrN2O2/c1-17-11-4-2-9(3-5-11)12(16)8-15-7-10(13)6-14-15/h2-7H,8H2,1H3. The number of ketones is 1. The van der Waals surface area contributed by atoms with Gasteiger partial charge in [-0.2, -0.15) is 5.10 Å². The number of Topliss-reactive ketones (excluding diaryl/α,β-unsaturated/α-hetero) is 1. The Labute approximate surface area is 107 Å². The van der Waals surface area contributed by atoms with E-state index in [1.54, 1.807) is 48.5 Å². The van der Waals surface area contributed by atoms with Crippen molar-refractivity contribution in [3.63, 3.8) is 0 Å². The molecule has 0 saturated carbocycles. The lowest BCUT2D eigenvalue weighted by atomic mass is 10.1. The Morgan fingerprint density at radius 3 is 2.65 bits per heavy atom. The molecule has 0 radical (unpaired) electrons. The zero-order chi connectivity index (χ0) is 12.3. The number of hydrogen-bond donors (Lipinski definition) is 0. The minimum Gasteiger partial charge on any atom is -0.497 e. The SMILES string of the molecule is COc1ccc(C(=O)Cn2cc(Br)cn2)cc1. The molecule has 1 heterocycles. The number of halogens is 1. The number of carbonyl (C=O) groups is 1. The van der Waals surface area contributed by atoms with E-state index in [2.05, 4.69) is 21.0 Å². The molecule has 0 fully saturated rings. The number of rotatable bonds is 4. The Hall–Kier alpha value is -1.62. The van der Waals surface area contributed by atoms with Gasteiger partial charge in [0.15, 0.2) is 5.78 Å². The van der Waals surface area contributed by atoms with Gasteiger partial charge in [-0.05, 0) is 40.2 Å². The minimum atomic E-state index is 0.0169. The number of nitrogens with zero attached hydrogens (tertiary/aromatic N) is 2. The number of carbonyl (C=O) groups excluding carboxylic acids is 1. The summed E-state index contributed by atoms with van der Waals surface area (Å²) in [4.78, 5) is 11.9. The first kappa shape index (κ1) is 11.9. The Kier molecular flexibility index (Phi) is 3.58. The summed E-state index contributed by atoms with van der Waals surface area (Å²) in [7, 11) is 1.60. The van der Waals surface area contributed by atoms with Gasteiger partial charge in [0.05, 0.1) is 17.8 Å². The van der Waals surface area contributed by atoms with Crippen LogP contribution < -0.4 is 4.74 Å². The lowest BCUT2D eigenvalue weighted by Gasteiger charge is -2.03. The van der Waals surface area contributed by atoms with Crippen LogP contribution in [0.3, 0.4) is 0 Å². The number of aromatic nitrogens is 2. The van der Waals surface area contributed by atoms with Gasteiger partial charge in [-0.1, -0.05) is 0 Å². The smallest absolute Gasteiger partial charge is 0.184 e. The minimum absolute atomic E-state index is 0.0169. The van der Waals surface area contributed by atoms with Crippen LogP contribution in [-0.2, 0) is 6.54 Å². The quantitative estimate of drug-likeness (QED) is 0.814. The second-order valence-corrected chi connectivity index (χ2v) is 4.42. The normalized spacial score (nSPS) is 10.2. The van der Waals surface area contributed by atoms with Crippen LogP contribution in [0.2, 0.25) is 0 Å². The molecule has 0 bridgehead atoms. The van der Waals surface area contributed by atoms with E-state index in [1.807, 2.05) is 0 Å². The molecule has 0 amide bonds. The van der Waals surface area contributed by atoms with Crippen molar-refractivity contribution < 1.29 is 9.53 Å². The van der Waals surface area contributed by atoms with Gasteiger partial charge in [-0.3, -0.25) is 9.48 Å². The van der Waals surface area contributed by atoms with Crippen LogP contribution in [0.5, 0.6) is 5.75 Å². The summed E-state index contributed by atoms with van der Waals surface area (Å²) in [5.74, 6) is 0.756. The van der Waals surface area contributed by atoms with Gasteiger partial charge in [-0.15, -0.1) is 0 Å². The largest absolute Gasteiger partial charge is 0.497 e. The molecule has 88 valence electrons. The molecular weight excluding hydrogens is 284 g/mol. The molecule has 0 spiro atoms. The summed E-state index contributed by atoms with van der Waals surface area (Å²) in [5, 5.41) is 4.04. The van der Waals surface area contributed by atoms with Crippen molar-refractivity contribution in [2.45, 2.75) is 6.54 Å². The van der Waals surface area contributed by atoms with Crippen LogP contribution in [0.25, 0.3) is 0 Å². The van der Waals surface area contributed by atoms with Crippen molar-refractivity contribution in [1.29, 1.82) is 0 Å². The second kappa shape index (κ2) is 5.14. The van der Waals surface area contributed by atoms with Crippen LogP contribution in [0.15, 0.2) is 41.1 Å². The molecule has 1 aromatic heterocycles. The highest BCUT2D eigenvalue weighted by Crippen LogP contribution is 2.13. The zero-order valence-corrected chi connectivity index (χ0v) is 10.8. The summed E-state index contributed by atoms with van der Waals surface area (Å²) < 4.78 is 7.49.